The Morgan fingerprint density at radius 3 is 2.57 bits per heavy atom. The summed E-state index contributed by atoms with van der Waals surface area (Å²) in [5.74, 6) is 1.32. The van der Waals surface area contributed by atoms with Gasteiger partial charge in [-0.15, -0.1) is 0 Å². The molecule has 1 aromatic carbocycles. The average molecular weight is 285 g/mol. The maximum absolute atomic E-state index is 5.76. The molecular weight excluding hydrogens is 262 g/mol. The van der Waals surface area contributed by atoms with Crippen LogP contribution in [-0.4, -0.2) is 16.0 Å². The lowest BCUT2D eigenvalue weighted by atomic mass is 10.1. The molecule has 2 rings (SSSR count). The van der Waals surface area contributed by atoms with Crippen molar-refractivity contribution in [2.24, 2.45) is 0 Å². The third-order valence-electron chi connectivity index (χ3n) is 3.04. The van der Waals surface area contributed by atoms with Gasteiger partial charge in [0.25, 0.3) is 0 Å². The van der Waals surface area contributed by atoms with Gasteiger partial charge in [0.1, 0.15) is 5.75 Å². The van der Waals surface area contributed by atoms with Crippen LogP contribution in [0.3, 0.4) is 0 Å². The molecule has 0 atom stereocenters. The van der Waals surface area contributed by atoms with Crippen LogP contribution in [-0.2, 0) is 13.0 Å². The van der Waals surface area contributed by atoms with Gasteiger partial charge in [-0.05, 0) is 24.1 Å². The first-order valence-electron chi connectivity index (χ1n) is 7.48. The monoisotopic (exact) mass is 285 g/mol. The summed E-state index contributed by atoms with van der Waals surface area (Å²) in [6.45, 7) is 7.07. The van der Waals surface area contributed by atoms with Gasteiger partial charge < -0.3 is 10.1 Å². The van der Waals surface area contributed by atoms with Gasteiger partial charge in [0.2, 0.25) is 5.88 Å². The Morgan fingerprint density at radius 2 is 1.90 bits per heavy atom. The van der Waals surface area contributed by atoms with E-state index in [0.29, 0.717) is 18.5 Å². The number of hydrogen-bond donors (Lipinski definition) is 1. The number of nitrogens with one attached hydrogen (secondary N) is 1. The lowest BCUT2D eigenvalue weighted by Gasteiger charge is -2.09. The number of ether oxygens (including phenoxy) is 1. The lowest BCUT2D eigenvalue weighted by molar-refractivity contribution is 0.455. The fourth-order valence-corrected chi connectivity index (χ4v) is 1.96. The van der Waals surface area contributed by atoms with E-state index in [1.54, 1.807) is 12.4 Å². The van der Waals surface area contributed by atoms with Crippen LogP contribution < -0.4 is 10.1 Å². The Labute approximate surface area is 126 Å². The number of aromatic nitrogens is 2. The SMILES string of the molecule is CCCc1ccc(Oc2cncc(CNC(C)C)n2)cc1. The number of hydrogen-bond acceptors (Lipinski definition) is 4. The zero-order valence-corrected chi connectivity index (χ0v) is 13.0. The van der Waals surface area contributed by atoms with Crippen LogP contribution in [0.1, 0.15) is 38.4 Å². The Kier molecular flexibility index (Phi) is 5.69. The van der Waals surface area contributed by atoms with Gasteiger partial charge in [0, 0.05) is 18.8 Å². The predicted molar refractivity (Wildman–Crippen MR) is 84.5 cm³/mol. The van der Waals surface area contributed by atoms with E-state index >= 15 is 0 Å². The third kappa shape index (κ3) is 5.16. The molecule has 0 saturated carbocycles. The fourth-order valence-electron chi connectivity index (χ4n) is 1.96. The van der Waals surface area contributed by atoms with E-state index in [1.807, 2.05) is 12.1 Å². The highest BCUT2D eigenvalue weighted by atomic mass is 16.5. The number of nitrogens with zero attached hydrogens (tertiary/aromatic N) is 2. The van der Waals surface area contributed by atoms with Crippen LogP contribution in [0.4, 0.5) is 0 Å². The van der Waals surface area contributed by atoms with Gasteiger partial charge in [-0.3, -0.25) is 4.98 Å². The molecule has 0 bridgehead atoms. The van der Waals surface area contributed by atoms with Gasteiger partial charge in [0.15, 0.2) is 0 Å². The molecule has 4 nitrogen and oxygen atoms in total. The highest BCUT2D eigenvalue weighted by Gasteiger charge is 2.03. The molecule has 0 aliphatic carbocycles. The van der Waals surface area contributed by atoms with Crippen LogP contribution >= 0.6 is 0 Å². The van der Waals surface area contributed by atoms with Crippen molar-refractivity contribution in [1.82, 2.24) is 15.3 Å². The van der Waals surface area contributed by atoms with Gasteiger partial charge in [0.05, 0.1) is 11.9 Å². The van der Waals surface area contributed by atoms with Crippen LogP contribution in [0.2, 0.25) is 0 Å². The summed E-state index contributed by atoms with van der Waals surface area (Å²) >= 11 is 0. The molecule has 0 amide bonds. The van der Waals surface area contributed by atoms with Crippen molar-refractivity contribution in [2.75, 3.05) is 0 Å². The maximum Gasteiger partial charge on any atom is 0.238 e. The Balaban J connectivity index is 2.00. The highest BCUT2D eigenvalue weighted by Crippen LogP contribution is 2.19. The first kappa shape index (κ1) is 15.4. The molecule has 1 N–H and O–H groups in total. The third-order valence-corrected chi connectivity index (χ3v) is 3.04. The molecule has 4 heteroatoms. The Hall–Kier alpha value is -1.94. The van der Waals surface area contributed by atoms with Crippen molar-refractivity contribution in [2.45, 2.75) is 46.2 Å². The molecule has 0 spiro atoms. The van der Waals surface area contributed by atoms with Gasteiger partial charge >= 0.3 is 0 Å². The molecule has 0 fully saturated rings. The van der Waals surface area contributed by atoms with Crippen LogP contribution in [0.15, 0.2) is 36.7 Å². The number of aryl methyl sites for hydroxylation is 1. The highest BCUT2D eigenvalue weighted by molar-refractivity contribution is 5.30. The minimum Gasteiger partial charge on any atom is -0.437 e. The molecule has 1 aromatic heterocycles. The standard InChI is InChI=1S/C17H23N3O/c1-4-5-14-6-8-16(9-7-14)21-17-12-18-10-15(20-17)11-19-13(2)3/h6-10,12-13,19H,4-5,11H2,1-3H3. The molecule has 112 valence electrons. The normalized spacial score (nSPS) is 10.9. The summed E-state index contributed by atoms with van der Waals surface area (Å²) < 4.78 is 5.76. The molecule has 0 saturated heterocycles. The first-order valence-corrected chi connectivity index (χ1v) is 7.48. The van der Waals surface area contributed by atoms with E-state index in [1.165, 1.54) is 5.56 Å². The first-order chi connectivity index (χ1) is 10.2. The van der Waals surface area contributed by atoms with Crippen molar-refractivity contribution >= 4 is 0 Å². The van der Waals surface area contributed by atoms with Crippen molar-refractivity contribution in [3.8, 4) is 11.6 Å². The second-order valence-corrected chi connectivity index (χ2v) is 5.38. The maximum atomic E-state index is 5.76. The van der Waals surface area contributed by atoms with Gasteiger partial charge in [-0.2, -0.15) is 0 Å². The largest absolute Gasteiger partial charge is 0.437 e. The van der Waals surface area contributed by atoms with E-state index in [-0.39, 0.29) is 0 Å². The van der Waals surface area contributed by atoms with Crippen molar-refractivity contribution in [3.05, 3.63) is 47.9 Å². The summed E-state index contributed by atoms with van der Waals surface area (Å²) in [4.78, 5) is 8.63. The van der Waals surface area contributed by atoms with Crippen LogP contribution in [0.25, 0.3) is 0 Å². The van der Waals surface area contributed by atoms with Gasteiger partial charge in [-0.25, -0.2) is 4.98 Å². The van der Waals surface area contributed by atoms with Crippen molar-refractivity contribution in [1.29, 1.82) is 0 Å². The van der Waals surface area contributed by atoms with Crippen molar-refractivity contribution < 1.29 is 4.74 Å². The average Bonchev–Trinajstić information content (AvgIpc) is 2.48. The molecule has 1 heterocycles. The van der Waals surface area contributed by atoms with Gasteiger partial charge in [-0.1, -0.05) is 39.3 Å². The fraction of sp³-hybridized carbons (Fsp3) is 0.412. The number of rotatable bonds is 7. The van der Waals surface area contributed by atoms with Crippen LogP contribution in [0.5, 0.6) is 11.6 Å². The van der Waals surface area contributed by atoms with E-state index in [2.05, 4.69) is 48.2 Å². The Morgan fingerprint density at radius 1 is 1.14 bits per heavy atom. The summed E-state index contributed by atoms with van der Waals surface area (Å²) in [6.07, 6.45) is 5.64. The van der Waals surface area contributed by atoms with Crippen molar-refractivity contribution in [3.63, 3.8) is 0 Å². The Bertz CT molecular complexity index is 552. The second kappa shape index (κ2) is 7.74. The number of benzene rings is 1. The summed E-state index contributed by atoms with van der Waals surface area (Å²) in [7, 11) is 0. The zero-order chi connectivity index (χ0) is 15.1. The second-order valence-electron chi connectivity index (χ2n) is 5.38. The molecule has 0 radical (unpaired) electrons. The molecule has 0 aliphatic heterocycles. The minimum atomic E-state index is 0.419. The van der Waals surface area contributed by atoms with E-state index < -0.39 is 0 Å². The molecular formula is C17H23N3O. The van der Waals surface area contributed by atoms with E-state index in [0.717, 1.165) is 24.3 Å². The topological polar surface area (TPSA) is 47.0 Å². The van der Waals surface area contributed by atoms with Crippen LogP contribution in [0, 0.1) is 0 Å². The van der Waals surface area contributed by atoms with E-state index in [9.17, 15) is 0 Å². The smallest absolute Gasteiger partial charge is 0.238 e. The minimum absolute atomic E-state index is 0.419. The quantitative estimate of drug-likeness (QED) is 0.842. The zero-order valence-electron chi connectivity index (χ0n) is 13.0. The predicted octanol–water partition coefficient (Wildman–Crippen LogP) is 3.72. The summed E-state index contributed by atoms with van der Waals surface area (Å²) in [5.41, 5.74) is 2.20. The van der Waals surface area contributed by atoms with E-state index in [4.69, 9.17) is 4.74 Å². The summed E-state index contributed by atoms with van der Waals surface area (Å²) in [5, 5.41) is 3.32. The molecule has 2 aromatic rings. The molecule has 0 aliphatic rings. The summed E-state index contributed by atoms with van der Waals surface area (Å²) in [6, 6.07) is 8.56. The lowest BCUT2D eigenvalue weighted by Crippen LogP contribution is -2.22. The molecule has 0 unspecified atom stereocenters. The molecule has 21 heavy (non-hydrogen) atoms.